The molecule has 1 aromatic carbocycles. The van der Waals surface area contributed by atoms with E-state index in [1.165, 1.54) is 11.1 Å². The molecule has 1 aromatic rings. The first kappa shape index (κ1) is 13.5. The molecule has 0 fully saturated rings. The van der Waals surface area contributed by atoms with E-state index in [0.29, 0.717) is 6.04 Å². The molecule has 1 aliphatic carbocycles. The average Bonchev–Trinajstić information content (AvgIpc) is 2.83. The highest BCUT2D eigenvalue weighted by Gasteiger charge is 2.26. The Kier molecular flexibility index (Phi) is 5.17. The second-order valence-electron chi connectivity index (χ2n) is 4.94. The van der Waals surface area contributed by atoms with Crippen molar-refractivity contribution < 1.29 is 10.2 Å². The molecule has 0 saturated heterocycles. The molecule has 1 aliphatic rings. The van der Waals surface area contributed by atoms with Crippen molar-refractivity contribution in [3.05, 3.63) is 35.4 Å². The van der Waals surface area contributed by atoms with Crippen LogP contribution in [0.1, 0.15) is 36.4 Å². The standard InChI is InChI=1S/C15H23NO2/c17-11-3-9-16(10-4-12-18)15-8-7-13-5-1-2-6-14(13)15/h1-2,5-6,15,17-18H,3-4,7-12H2. The van der Waals surface area contributed by atoms with E-state index in [4.69, 9.17) is 10.2 Å². The Balaban J connectivity index is 2.06. The van der Waals surface area contributed by atoms with Crippen molar-refractivity contribution in [2.45, 2.75) is 31.7 Å². The van der Waals surface area contributed by atoms with Crippen LogP contribution in [0.5, 0.6) is 0 Å². The van der Waals surface area contributed by atoms with Crippen molar-refractivity contribution in [3.63, 3.8) is 0 Å². The smallest absolute Gasteiger partial charge is 0.0443 e. The molecule has 0 heterocycles. The number of aliphatic hydroxyl groups is 2. The predicted octanol–water partition coefficient (Wildman–Crippen LogP) is 1.74. The Labute approximate surface area is 109 Å². The summed E-state index contributed by atoms with van der Waals surface area (Å²) < 4.78 is 0. The van der Waals surface area contributed by atoms with Gasteiger partial charge >= 0.3 is 0 Å². The molecule has 1 atom stereocenters. The van der Waals surface area contributed by atoms with Gasteiger partial charge < -0.3 is 10.2 Å². The zero-order valence-corrected chi connectivity index (χ0v) is 10.9. The van der Waals surface area contributed by atoms with E-state index < -0.39 is 0 Å². The molecule has 0 aromatic heterocycles. The van der Waals surface area contributed by atoms with Crippen LogP contribution in [0.15, 0.2) is 24.3 Å². The molecular weight excluding hydrogens is 226 g/mol. The first-order valence-electron chi connectivity index (χ1n) is 6.90. The number of hydrogen-bond acceptors (Lipinski definition) is 3. The quantitative estimate of drug-likeness (QED) is 0.773. The normalized spacial score (nSPS) is 18.3. The molecule has 0 aliphatic heterocycles. The minimum Gasteiger partial charge on any atom is -0.396 e. The van der Waals surface area contributed by atoms with Crippen LogP contribution >= 0.6 is 0 Å². The van der Waals surface area contributed by atoms with Gasteiger partial charge in [-0.3, -0.25) is 4.90 Å². The van der Waals surface area contributed by atoms with Gasteiger partial charge in [0.1, 0.15) is 0 Å². The maximum Gasteiger partial charge on any atom is 0.0443 e. The average molecular weight is 249 g/mol. The molecule has 2 rings (SSSR count). The van der Waals surface area contributed by atoms with Gasteiger partial charge in [0.25, 0.3) is 0 Å². The SMILES string of the molecule is OCCCN(CCCO)C1CCc2ccccc21. The van der Waals surface area contributed by atoms with Crippen molar-refractivity contribution >= 4 is 0 Å². The maximum absolute atomic E-state index is 9.00. The van der Waals surface area contributed by atoms with Crippen LogP contribution in [0.4, 0.5) is 0 Å². The van der Waals surface area contributed by atoms with Crippen LogP contribution < -0.4 is 0 Å². The maximum atomic E-state index is 9.00. The van der Waals surface area contributed by atoms with Crippen molar-refractivity contribution in [1.82, 2.24) is 4.90 Å². The van der Waals surface area contributed by atoms with Gasteiger partial charge in [-0.2, -0.15) is 0 Å². The van der Waals surface area contributed by atoms with Gasteiger partial charge in [-0.15, -0.1) is 0 Å². The number of hydrogen-bond donors (Lipinski definition) is 2. The Morgan fingerprint density at radius 2 is 1.72 bits per heavy atom. The van der Waals surface area contributed by atoms with Crippen molar-refractivity contribution in [2.75, 3.05) is 26.3 Å². The molecule has 2 N–H and O–H groups in total. The number of fused-ring (bicyclic) bond motifs is 1. The summed E-state index contributed by atoms with van der Waals surface area (Å²) in [5, 5.41) is 18.0. The fourth-order valence-corrected chi connectivity index (χ4v) is 2.89. The number of rotatable bonds is 7. The summed E-state index contributed by atoms with van der Waals surface area (Å²) in [4.78, 5) is 2.41. The summed E-state index contributed by atoms with van der Waals surface area (Å²) in [6, 6.07) is 9.11. The van der Waals surface area contributed by atoms with Crippen LogP contribution in [-0.4, -0.2) is 41.4 Å². The van der Waals surface area contributed by atoms with E-state index in [9.17, 15) is 0 Å². The first-order chi connectivity index (χ1) is 8.86. The molecule has 0 amide bonds. The van der Waals surface area contributed by atoms with E-state index in [0.717, 1.165) is 38.8 Å². The van der Waals surface area contributed by atoms with Crippen LogP contribution in [-0.2, 0) is 6.42 Å². The highest BCUT2D eigenvalue weighted by molar-refractivity contribution is 5.34. The summed E-state index contributed by atoms with van der Waals surface area (Å²) in [5.74, 6) is 0. The lowest BCUT2D eigenvalue weighted by molar-refractivity contribution is 0.157. The number of aliphatic hydroxyl groups excluding tert-OH is 2. The molecule has 0 radical (unpaired) electrons. The van der Waals surface area contributed by atoms with Gasteiger partial charge in [0.2, 0.25) is 0 Å². The van der Waals surface area contributed by atoms with Crippen LogP contribution in [0.25, 0.3) is 0 Å². The van der Waals surface area contributed by atoms with E-state index >= 15 is 0 Å². The third-order valence-corrected chi connectivity index (χ3v) is 3.75. The third-order valence-electron chi connectivity index (χ3n) is 3.75. The highest BCUT2D eigenvalue weighted by Crippen LogP contribution is 2.35. The lowest BCUT2D eigenvalue weighted by Crippen LogP contribution is -2.30. The van der Waals surface area contributed by atoms with Crippen LogP contribution in [0.2, 0.25) is 0 Å². The molecule has 3 heteroatoms. The Morgan fingerprint density at radius 3 is 2.39 bits per heavy atom. The summed E-state index contributed by atoms with van der Waals surface area (Å²) in [7, 11) is 0. The topological polar surface area (TPSA) is 43.7 Å². The number of benzene rings is 1. The molecule has 1 unspecified atom stereocenters. The Hall–Kier alpha value is -0.900. The summed E-state index contributed by atoms with van der Waals surface area (Å²) in [6.45, 7) is 2.30. The fourth-order valence-electron chi connectivity index (χ4n) is 2.89. The van der Waals surface area contributed by atoms with Crippen LogP contribution in [0, 0.1) is 0 Å². The lowest BCUT2D eigenvalue weighted by Gasteiger charge is -2.29. The Morgan fingerprint density at radius 1 is 1.06 bits per heavy atom. The largest absolute Gasteiger partial charge is 0.396 e. The van der Waals surface area contributed by atoms with Gasteiger partial charge in [-0.05, 0) is 36.8 Å². The zero-order valence-electron chi connectivity index (χ0n) is 10.9. The van der Waals surface area contributed by atoms with Gasteiger partial charge in [0.05, 0.1) is 0 Å². The fraction of sp³-hybridized carbons (Fsp3) is 0.600. The molecular formula is C15H23NO2. The molecule has 100 valence electrons. The number of nitrogens with zero attached hydrogens (tertiary/aromatic N) is 1. The number of aryl methyl sites for hydroxylation is 1. The van der Waals surface area contributed by atoms with E-state index in [2.05, 4.69) is 29.2 Å². The van der Waals surface area contributed by atoms with E-state index in [1.807, 2.05) is 0 Å². The molecule has 0 saturated carbocycles. The summed E-state index contributed by atoms with van der Waals surface area (Å²) in [6.07, 6.45) is 3.93. The molecule has 0 spiro atoms. The van der Waals surface area contributed by atoms with E-state index in [-0.39, 0.29) is 13.2 Å². The minimum atomic E-state index is 0.240. The zero-order chi connectivity index (χ0) is 12.8. The second kappa shape index (κ2) is 6.88. The van der Waals surface area contributed by atoms with Gasteiger partial charge in [-0.25, -0.2) is 0 Å². The summed E-state index contributed by atoms with van der Waals surface area (Å²) >= 11 is 0. The van der Waals surface area contributed by atoms with Crippen molar-refractivity contribution in [2.24, 2.45) is 0 Å². The van der Waals surface area contributed by atoms with Gasteiger partial charge in [0.15, 0.2) is 0 Å². The van der Waals surface area contributed by atoms with Gasteiger partial charge in [-0.1, -0.05) is 24.3 Å². The van der Waals surface area contributed by atoms with Crippen LogP contribution in [0.3, 0.4) is 0 Å². The lowest BCUT2D eigenvalue weighted by atomic mass is 10.1. The highest BCUT2D eigenvalue weighted by atomic mass is 16.3. The molecule has 3 nitrogen and oxygen atoms in total. The predicted molar refractivity (Wildman–Crippen MR) is 72.5 cm³/mol. The molecule has 0 bridgehead atoms. The first-order valence-corrected chi connectivity index (χ1v) is 6.90. The van der Waals surface area contributed by atoms with Gasteiger partial charge in [0, 0.05) is 32.3 Å². The second-order valence-corrected chi connectivity index (χ2v) is 4.94. The minimum absolute atomic E-state index is 0.240. The monoisotopic (exact) mass is 249 g/mol. The summed E-state index contributed by atoms with van der Waals surface area (Å²) in [5.41, 5.74) is 2.90. The van der Waals surface area contributed by atoms with Crippen molar-refractivity contribution in [3.8, 4) is 0 Å². The van der Waals surface area contributed by atoms with Crippen molar-refractivity contribution in [1.29, 1.82) is 0 Å². The molecule has 18 heavy (non-hydrogen) atoms. The van der Waals surface area contributed by atoms with E-state index in [1.54, 1.807) is 0 Å². The third kappa shape index (κ3) is 3.10. The Bertz CT molecular complexity index is 359.